The zero-order valence-corrected chi connectivity index (χ0v) is 18.4. The molecule has 32 heavy (non-hydrogen) atoms. The Bertz CT molecular complexity index is 1140. The average Bonchev–Trinajstić information content (AvgIpc) is 3.28. The summed E-state index contributed by atoms with van der Waals surface area (Å²) in [6.07, 6.45) is 2.25. The molecule has 0 unspecified atom stereocenters. The van der Waals surface area contributed by atoms with Crippen LogP contribution >= 0.6 is 11.6 Å². The average molecular weight is 456 g/mol. The van der Waals surface area contributed by atoms with Crippen LogP contribution in [0.3, 0.4) is 0 Å². The molecule has 0 N–H and O–H groups in total. The second-order valence-electron chi connectivity index (χ2n) is 7.74. The van der Waals surface area contributed by atoms with Gasteiger partial charge in [0.15, 0.2) is 11.7 Å². The minimum Gasteiger partial charge on any atom is -0.441 e. The van der Waals surface area contributed by atoms with Crippen molar-refractivity contribution in [2.45, 2.75) is 19.8 Å². The smallest absolute Gasteiger partial charge is 0.254 e. The number of oxazole rings is 1. The Kier molecular flexibility index (Phi) is 6.55. The Labute approximate surface area is 190 Å². The number of amides is 2. The molecule has 1 fully saturated rings. The third kappa shape index (κ3) is 4.83. The normalized spacial score (nSPS) is 14.0. The number of carbonyl (C=O) groups excluding carboxylic acids is 2. The van der Waals surface area contributed by atoms with Gasteiger partial charge < -0.3 is 14.2 Å². The second kappa shape index (κ2) is 9.53. The van der Waals surface area contributed by atoms with Gasteiger partial charge in [0, 0.05) is 50.1 Å². The number of nitrogens with zero attached hydrogens (tertiary/aromatic N) is 3. The lowest BCUT2D eigenvalue weighted by atomic mass is 10.1. The fourth-order valence-corrected chi connectivity index (χ4v) is 3.88. The predicted molar refractivity (Wildman–Crippen MR) is 119 cm³/mol. The van der Waals surface area contributed by atoms with Crippen LogP contribution in [0.15, 0.2) is 53.1 Å². The van der Waals surface area contributed by atoms with Crippen LogP contribution in [0.5, 0.6) is 0 Å². The van der Waals surface area contributed by atoms with Crippen LogP contribution in [0.2, 0.25) is 5.02 Å². The number of piperazine rings is 1. The van der Waals surface area contributed by atoms with E-state index in [0.717, 1.165) is 5.56 Å². The predicted octanol–water partition coefficient (Wildman–Crippen LogP) is 4.36. The summed E-state index contributed by atoms with van der Waals surface area (Å²) in [6, 6.07) is 11.8. The van der Waals surface area contributed by atoms with Crippen molar-refractivity contribution in [3.63, 3.8) is 0 Å². The van der Waals surface area contributed by atoms with E-state index in [1.54, 1.807) is 41.1 Å². The Morgan fingerprint density at radius 3 is 2.53 bits per heavy atom. The van der Waals surface area contributed by atoms with Crippen molar-refractivity contribution in [3.05, 3.63) is 76.5 Å². The Balaban J connectivity index is 1.28. The molecule has 3 aromatic rings. The molecular weight excluding hydrogens is 433 g/mol. The summed E-state index contributed by atoms with van der Waals surface area (Å²) in [6.45, 7) is 3.36. The molecule has 4 rings (SSSR count). The molecule has 2 aromatic carbocycles. The van der Waals surface area contributed by atoms with E-state index in [0.29, 0.717) is 60.4 Å². The number of aryl methyl sites for hydroxylation is 2. The van der Waals surface area contributed by atoms with Gasteiger partial charge in [-0.1, -0.05) is 29.8 Å². The molecule has 1 aromatic heterocycles. The van der Waals surface area contributed by atoms with E-state index >= 15 is 0 Å². The molecule has 8 heteroatoms. The maximum Gasteiger partial charge on any atom is 0.254 e. The van der Waals surface area contributed by atoms with Crippen molar-refractivity contribution < 1.29 is 18.4 Å². The number of hydrogen-bond acceptors (Lipinski definition) is 4. The number of hydrogen-bond donors (Lipinski definition) is 0. The Morgan fingerprint density at radius 2 is 1.81 bits per heavy atom. The van der Waals surface area contributed by atoms with Crippen LogP contribution in [0.4, 0.5) is 4.39 Å². The van der Waals surface area contributed by atoms with Crippen molar-refractivity contribution >= 4 is 23.4 Å². The van der Waals surface area contributed by atoms with Crippen LogP contribution in [-0.2, 0) is 11.2 Å². The maximum atomic E-state index is 13.8. The van der Waals surface area contributed by atoms with Crippen LogP contribution < -0.4 is 0 Å². The summed E-state index contributed by atoms with van der Waals surface area (Å²) in [5.74, 6) is 0.411. The summed E-state index contributed by atoms with van der Waals surface area (Å²) in [5.41, 5.74) is 1.58. The number of aromatic nitrogens is 1. The van der Waals surface area contributed by atoms with Crippen LogP contribution in [0.1, 0.15) is 28.2 Å². The van der Waals surface area contributed by atoms with Gasteiger partial charge in [0.25, 0.3) is 5.91 Å². The van der Waals surface area contributed by atoms with Gasteiger partial charge in [-0.05, 0) is 36.8 Å². The molecule has 2 heterocycles. The van der Waals surface area contributed by atoms with Crippen molar-refractivity contribution in [2.24, 2.45) is 0 Å². The molecule has 1 aliphatic heterocycles. The van der Waals surface area contributed by atoms with Crippen LogP contribution in [-0.4, -0.2) is 52.8 Å². The first kappa shape index (κ1) is 22.0. The molecule has 166 valence electrons. The van der Waals surface area contributed by atoms with Crippen molar-refractivity contribution in [2.75, 3.05) is 26.2 Å². The monoisotopic (exact) mass is 455 g/mol. The van der Waals surface area contributed by atoms with Gasteiger partial charge in [0.05, 0.1) is 11.2 Å². The van der Waals surface area contributed by atoms with Crippen LogP contribution in [0.25, 0.3) is 11.3 Å². The topological polar surface area (TPSA) is 66.7 Å². The summed E-state index contributed by atoms with van der Waals surface area (Å²) in [5, 5.41) is 0.576. The Morgan fingerprint density at radius 1 is 1.09 bits per heavy atom. The molecule has 0 spiro atoms. The summed E-state index contributed by atoms with van der Waals surface area (Å²) in [4.78, 5) is 32.9. The summed E-state index contributed by atoms with van der Waals surface area (Å²) in [7, 11) is 0. The van der Waals surface area contributed by atoms with Gasteiger partial charge in [-0.2, -0.15) is 0 Å². The molecule has 0 aliphatic carbocycles. The third-order valence-corrected chi connectivity index (χ3v) is 5.91. The van der Waals surface area contributed by atoms with E-state index < -0.39 is 5.82 Å². The van der Waals surface area contributed by atoms with E-state index in [4.69, 9.17) is 16.0 Å². The minimum absolute atomic E-state index is 0.0176. The van der Waals surface area contributed by atoms with Gasteiger partial charge in [-0.15, -0.1) is 0 Å². The fraction of sp³-hybridized carbons (Fsp3) is 0.292. The first-order valence-corrected chi connectivity index (χ1v) is 10.8. The number of halogens is 2. The molecule has 0 saturated carbocycles. The van der Waals surface area contributed by atoms with E-state index in [2.05, 4.69) is 4.98 Å². The molecular formula is C24H23ClFN3O3. The highest BCUT2D eigenvalue weighted by atomic mass is 35.5. The quantitative estimate of drug-likeness (QED) is 0.573. The molecule has 6 nitrogen and oxygen atoms in total. The molecule has 1 aliphatic rings. The molecule has 1 saturated heterocycles. The van der Waals surface area contributed by atoms with E-state index in [1.807, 2.05) is 18.2 Å². The van der Waals surface area contributed by atoms with E-state index in [-0.39, 0.29) is 18.2 Å². The van der Waals surface area contributed by atoms with E-state index in [9.17, 15) is 14.0 Å². The highest BCUT2D eigenvalue weighted by molar-refractivity contribution is 6.33. The standard InChI is InChI=1S/C24H23ClFN3O3/c1-16-6-7-17(14-20(16)26)24(31)29-12-10-28(11-13-29)23(30)9-8-22-27-15-21(32-22)18-4-2-3-5-19(18)25/h2-7,14-15H,8-13H2,1H3. The number of benzene rings is 2. The lowest BCUT2D eigenvalue weighted by molar-refractivity contribution is -0.132. The Hall–Kier alpha value is -3.19. The van der Waals surface area contributed by atoms with Gasteiger partial charge >= 0.3 is 0 Å². The van der Waals surface area contributed by atoms with E-state index in [1.165, 1.54) is 6.07 Å². The third-order valence-electron chi connectivity index (χ3n) is 5.58. The van der Waals surface area contributed by atoms with Crippen LogP contribution in [0, 0.1) is 12.7 Å². The van der Waals surface area contributed by atoms with Crippen molar-refractivity contribution in [1.82, 2.24) is 14.8 Å². The van der Waals surface area contributed by atoms with Crippen molar-refractivity contribution in [3.8, 4) is 11.3 Å². The van der Waals surface area contributed by atoms with Gasteiger partial charge in [0.2, 0.25) is 5.91 Å². The molecule has 2 amide bonds. The first-order chi connectivity index (χ1) is 15.4. The van der Waals surface area contributed by atoms with Gasteiger partial charge in [-0.25, -0.2) is 9.37 Å². The van der Waals surface area contributed by atoms with Crippen molar-refractivity contribution in [1.29, 1.82) is 0 Å². The molecule has 0 radical (unpaired) electrons. The number of rotatable bonds is 5. The van der Waals surface area contributed by atoms with Gasteiger partial charge in [-0.3, -0.25) is 9.59 Å². The highest BCUT2D eigenvalue weighted by Crippen LogP contribution is 2.28. The summed E-state index contributed by atoms with van der Waals surface area (Å²) >= 11 is 6.19. The largest absolute Gasteiger partial charge is 0.441 e. The molecule has 0 atom stereocenters. The van der Waals surface area contributed by atoms with Gasteiger partial charge in [0.1, 0.15) is 5.82 Å². The highest BCUT2D eigenvalue weighted by Gasteiger charge is 2.25. The lowest BCUT2D eigenvalue weighted by Crippen LogP contribution is -2.50. The zero-order chi connectivity index (χ0) is 22.7. The summed E-state index contributed by atoms with van der Waals surface area (Å²) < 4.78 is 19.5. The minimum atomic E-state index is -0.395. The fourth-order valence-electron chi connectivity index (χ4n) is 3.65. The maximum absolute atomic E-state index is 13.8. The lowest BCUT2D eigenvalue weighted by Gasteiger charge is -2.34. The molecule has 0 bridgehead atoms. The zero-order valence-electron chi connectivity index (χ0n) is 17.7. The SMILES string of the molecule is Cc1ccc(C(=O)N2CCN(C(=O)CCc3ncc(-c4ccccc4Cl)o3)CC2)cc1F. The number of carbonyl (C=O) groups is 2. The second-order valence-corrected chi connectivity index (χ2v) is 8.14. The first-order valence-electron chi connectivity index (χ1n) is 10.4.